The summed E-state index contributed by atoms with van der Waals surface area (Å²) in [6, 6.07) is 7.99. The molecule has 1 heterocycles. The Kier molecular flexibility index (Phi) is 8.92. The molecule has 0 radical (unpaired) electrons. The molecule has 220 valence electrons. The minimum atomic E-state index is -3.48. The van der Waals surface area contributed by atoms with Gasteiger partial charge in [-0.25, -0.2) is 8.42 Å². The number of nitrogens with one attached hydrogen (secondary N) is 2. The van der Waals surface area contributed by atoms with Crippen LogP contribution in [0.5, 0.6) is 0 Å². The molecule has 6 atom stereocenters. The average molecular weight is 561 g/mol. The van der Waals surface area contributed by atoms with E-state index in [4.69, 9.17) is 0 Å². The third-order valence-corrected chi connectivity index (χ3v) is 11.6. The number of carbonyl (C=O) groups excluding carboxylic acids is 1. The van der Waals surface area contributed by atoms with Gasteiger partial charge in [0.1, 0.15) is 6.04 Å². The van der Waals surface area contributed by atoms with E-state index < -0.39 is 16.1 Å². The number of hydrogen-bond acceptors (Lipinski definition) is 5. The Labute approximate surface area is 237 Å². The van der Waals surface area contributed by atoms with Crippen LogP contribution >= 0.6 is 0 Å². The smallest absolute Gasteiger partial charge is 0.238 e. The van der Waals surface area contributed by atoms with Crippen LogP contribution in [-0.4, -0.2) is 68.0 Å². The van der Waals surface area contributed by atoms with Gasteiger partial charge in [-0.05, 0) is 79.5 Å². The molecule has 5 rings (SSSR count). The van der Waals surface area contributed by atoms with Gasteiger partial charge in [0, 0.05) is 31.7 Å². The summed E-state index contributed by atoms with van der Waals surface area (Å²) in [4.78, 5) is 15.7. The van der Waals surface area contributed by atoms with Crippen LogP contribution in [0.2, 0.25) is 0 Å². The Hall–Kier alpha value is -1.48. The number of benzene rings is 1. The predicted molar refractivity (Wildman–Crippen MR) is 159 cm³/mol. The average Bonchev–Trinajstić information content (AvgIpc) is 3.11. The summed E-state index contributed by atoms with van der Waals surface area (Å²) in [6.07, 6.45) is 3.66. The first kappa shape index (κ1) is 30.5. The van der Waals surface area contributed by atoms with Gasteiger partial charge in [-0.1, -0.05) is 65.8 Å². The van der Waals surface area contributed by atoms with Crippen molar-refractivity contribution in [3.8, 4) is 0 Å². The molecule has 3 saturated carbocycles. The number of amides is 1. The lowest BCUT2D eigenvalue weighted by molar-refractivity contribution is -0.136. The first-order chi connectivity index (χ1) is 18.1. The fourth-order valence-electron chi connectivity index (χ4n) is 7.47. The third kappa shape index (κ3) is 7.06. The summed E-state index contributed by atoms with van der Waals surface area (Å²) < 4.78 is 27.5. The second-order valence-electron chi connectivity index (χ2n) is 14.7. The first-order valence-electron chi connectivity index (χ1n) is 14.8. The predicted octanol–water partition coefficient (Wildman–Crippen LogP) is 4.23. The zero-order valence-electron chi connectivity index (χ0n) is 25.5. The molecular formula is C31H52N4O3S. The maximum Gasteiger partial charge on any atom is 0.238 e. The summed E-state index contributed by atoms with van der Waals surface area (Å²) in [5.74, 6) is 1.59. The quantitative estimate of drug-likeness (QED) is 0.448. The van der Waals surface area contributed by atoms with E-state index in [1.165, 1.54) is 10.7 Å². The van der Waals surface area contributed by atoms with Crippen LogP contribution in [0.15, 0.2) is 24.3 Å². The van der Waals surface area contributed by atoms with Crippen molar-refractivity contribution in [3.05, 3.63) is 35.4 Å². The van der Waals surface area contributed by atoms with Gasteiger partial charge in [0.2, 0.25) is 15.9 Å². The fraction of sp³-hybridized carbons (Fsp3) is 0.774. The highest BCUT2D eigenvalue weighted by Gasteiger charge is 2.56. The third-order valence-electron chi connectivity index (χ3n) is 9.71. The number of rotatable bonds is 10. The molecule has 1 aliphatic heterocycles. The second kappa shape index (κ2) is 11.4. The zero-order valence-corrected chi connectivity index (χ0v) is 26.3. The van der Waals surface area contributed by atoms with Crippen molar-refractivity contribution >= 4 is 15.9 Å². The van der Waals surface area contributed by atoms with Crippen molar-refractivity contribution in [2.45, 2.75) is 98.4 Å². The molecule has 4 fully saturated rings. The number of sulfonamides is 1. The van der Waals surface area contributed by atoms with Crippen molar-refractivity contribution in [1.82, 2.24) is 19.8 Å². The topological polar surface area (TPSA) is 81.8 Å². The Morgan fingerprint density at radius 1 is 1.18 bits per heavy atom. The molecule has 1 saturated heterocycles. The van der Waals surface area contributed by atoms with Crippen molar-refractivity contribution in [2.24, 2.45) is 28.6 Å². The molecule has 1 aromatic rings. The summed E-state index contributed by atoms with van der Waals surface area (Å²) in [5, 5.41) is 6.99. The van der Waals surface area contributed by atoms with Gasteiger partial charge >= 0.3 is 0 Å². The minimum absolute atomic E-state index is 0.0316. The fourth-order valence-corrected chi connectivity index (χ4v) is 9.16. The van der Waals surface area contributed by atoms with E-state index in [1.54, 1.807) is 0 Å². The van der Waals surface area contributed by atoms with Gasteiger partial charge in [-0.3, -0.25) is 4.79 Å². The Bertz CT molecular complexity index is 1130. The molecule has 2 N–H and O–H groups in total. The van der Waals surface area contributed by atoms with Gasteiger partial charge in [-0.15, -0.1) is 0 Å². The van der Waals surface area contributed by atoms with Crippen molar-refractivity contribution < 1.29 is 13.2 Å². The van der Waals surface area contributed by atoms with Gasteiger partial charge in [0.05, 0.1) is 5.75 Å². The Morgan fingerprint density at radius 2 is 1.87 bits per heavy atom. The van der Waals surface area contributed by atoms with E-state index >= 15 is 0 Å². The molecule has 7 nitrogen and oxygen atoms in total. The molecule has 2 bridgehead atoms. The molecule has 8 heteroatoms. The largest absolute Gasteiger partial charge is 0.352 e. The molecule has 1 aromatic carbocycles. The number of hydrogen-bond donors (Lipinski definition) is 2. The summed E-state index contributed by atoms with van der Waals surface area (Å²) in [5.41, 5.74) is 2.62. The van der Waals surface area contributed by atoms with Crippen LogP contribution in [0.1, 0.15) is 78.4 Å². The molecule has 0 spiro atoms. The van der Waals surface area contributed by atoms with Crippen LogP contribution in [0.4, 0.5) is 0 Å². The highest BCUT2D eigenvalue weighted by molar-refractivity contribution is 7.89. The van der Waals surface area contributed by atoms with Crippen LogP contribution < -0.4 is 10.6 Å². The maximum atomic E-state index is 13.4. The highest BCUT2D eigenvalue weighted by atomic mass is 32.2. The van der Waals surface area contributed by atoms with Gasteiger partial charge in [0.25, 0.3) is 0 Å². The van der Waals surface area contributed by atoms with E-state index in [9.17, 15) is 13.2 Å². The van der Waals surface area contributed by atoms with Gasteiger partial charge in [0.15, 0.2) is 0 Å². The minimum Gasteiger partial charge on any atom is -0.352 e. The lowest BCUT2D eigenvalue weighted by Crippen LogP contribution is -2.61. The highest BCUT2D eigenvalue weighted by Crippen LogP contribution is 2.61. The summed E-state index contributed by atoms with van der Waals surface area (Å²) in [7, 11) is 0.718. The van der Waals surface area contributed by atoms with E-state index in [-0.39, 0.29) is 29.7 Å². The maximum absolute atomic E-state index is 13.4. The standard InChI is InChI=1S/C31H52N4O3S/c1-21-26-15-24(31(26,5)6)16-27(21)33-29(36)28-12-13-39(37,38)35(28)19-23-11-9-10-22(14-23)18-32-25(20-34(7)8)17-30(2,3)4/h9-11,14,21,24-28,32H,12-13,15-20H2,1-8H3,(H,33,36)/t21-,24?,25-,26-,27-,28?/m0/s1. The number of carbonyl (C=O) groups is 1. The second-order valence-corrected chi connectivity index (χ2v) is 16.7. The normalized spacial score (nSPS) is 30.6. The Balaban J connectivity index is 1.40. The van der Waals surface area contributed by atoms with Gasteiger partial charge < -0.3 is 15.5 Å². The van der Waals surface area contributed by atoms with Crippen LogP contribution in [-0.2, 0) is 27.9 Å². The lowest BCUT2D eigenvalue weighted by Gasteiger charge is -2.62. The summed E-state index contributed by atoms with van der Waals surface area (Å²) >= 11 is 0. The van der Waals surface area contributed by atoms with E-state index in [0.29, 0.717) is 35.6 Å². The molecule has 39 heavy (non-hydrogen) atoms. The SMILES string of the molecule is C[C@@H]1[C@@H](NC(=O)C2CCS(=O)(=O)N2Cc2cccc(CN[C@H](CN(C)C)CC(C)(C)C)c2)CC2C[C@@H]1C2(C)C. The van der Waals surface area contributed by atoms with Crippen LogP contribution in [0.25, 0.3) is 0 Å². The van der Waals surface area contributed by atoms with Crippen molar-refractivity contribution in [3.63, 3.8) is 0 Å². The molecule has 4 aliphatic rings. The van der Waals surface area contributed by atoms with E-state index in [0.717, 1.165) is 37.1 Å². The van der Waals surface area contributed by atoms with Crippen LogP contribution in [0.3, 0.4) is 0 Å². The monoisotopic (exact) mass is 560 g/mol. The first-order valence-corrected chi connectivity index (χ1v) is 16.4. The Morgan fingerprint density at radius 3 is 2.49 bits per heavy atom. The number of fused-ring (bicyclic) bond motifs is 2. The lowest BCUT2D eigenvalue weighted by atomic mass is 9.45. The van der Waals surface area contributed by atoms with Crippen molar-refractivity contribution in [2.75, 3.05) is 26.4 Å². The zero-order chi connectivity index (χ0) is 28.8. The number of nitrogens with zero attached hydrogens (tertiary/aromatic N) is 2. The van der Waals surface area contributed by atoms with E-state index in [2.05, 4.69) is 83.3 Å². The van der Waals surface area contributed by atoms with E-state index in [1.807, 2.05) is 12.1 Å². The van der Waals surface area contributed by atoms with Gasteiger partial charge in [-0.2, -0.15) is 4.31 Å². The molecule has 2 unspecified atom stereocenters. The molecular weight excluding hydrogens is 508 g/mol. The molecule has 0 aromatic heterocycles. The van der Waals surface area contributed by atoms with Crippen molar-refractivity contribution in [1.29, 1.82) is 0 Å². The van der Waals surface area contributed by atoms with Crippen LogP contribution in [0, 0.1) is 28.6 Å². The number of likely N-dealkylation sites (N-methyl/N-ethyl adjacent to an activating group) is 1. The molecule has 1 amide bonds. The molecule has 3 aliphatic carbocycles. The summed E-state index contributed by atoms with van der Waals surface area (Å²) in [6.45, 7) is 15.6.